The van der Waals surface area contributed by atoms with Crippen molar-refractivity contribution in [2.75, 3.05) is 7.11 Å². The number of hydrogen-bond acceptors (Lipinski definition) is 4. The first-order chi connectivity index (χ1) is 8.81. The second kappa shape index (κ2) is 5.91. The van der Waals surface area contributed by atoms with E-state index in [1.807, 2.05) is 31.2 Å². The van der Waals surface area contributed by atoms with E-state index in [-0.39, 0.29) is 6.04 Å². The Kier molecular flexibility index (Phi) is 4.02. The second-order valence-electron chi connectivity index (χ2n) is 3.80. The van der Waals surface area contributed by atoms with Crippen LogP contribution in [0.4, 0.5) is 0 Å². The number of rotatable bonds is 4. The average molecular weight is 241 g/mol. The van der Waals surface area contributed by atoms with Gasteiger partial charge in [-0.05, 0) is 19.1 Å². The summed E-state index contributed by atoms with van der Waals surface area (Å²) in [6, 6.07) is 9.64. The van der Waals surface area contributed by atoms with E-state index in [9.17, 15) is 0 Å². The van der Waals surface area contributed by atoms with Gasteiger partial charge in [0.25, 0.3) is 0 Å². The number of aliphatic imine (C=N–C) groups is 1. The molecule has 1 aromatic carbocycles. The lowest BCUT2D eigenvalue weighted by molar-refractivity contribution is 0.407. The molecule has 2 rings (SSSR count). The SMILES string of the molecule is COc1ccccc1C(C)/N=C/c1ncccn1. The molecule has 0 aliphatic heterocycles. The molecule has 0 bridgehead atoms. The molecule has 0 saturated carbocycles. The van der Waals surface area contributed by atoms with Gasteiger partial charge < -0.3 is 4.74 Å². The van der Waals surface area contributed by atoms with E-state index in [1.165, 1.54) is 0 Å². The highest BCUT2D eigenvalue weighted by molar-refractivity contribution is 5.74. The number of nitrogens with zero attached hydrogens (tertiary/aromatic N) is 3. The van der Waals surface area contributed by atoms with Crippen LogP contribution >= 0.6 is 0 Å². The fraction of sp³-hybridized carbons (Fsp3) is 0.214. The van der Waals surface area contributed by atoms with Crippen LogP contribution in [-0.2, 0) is 0 Å². The van der Waals surface area contributed by atoms with Crippen LogP contribution in [0.25, 0.3) is 0 Å². The van der Waals surface area contributed by atoms with E-state index in [0.717, 1.165) is 11.3 Å². The zero-order chi connectivity index (χ0) is 12.8. The van der Waals surface area contributed by atoms with Gasteiger partial charge in [-0.2, -0.15) is 0 Å². The van der Waals surface area contributed by atoms with Crippen LogP contribution in [0.2, 0.25) is 0 Å². The molecule has 0 aliphatic carbocycles. The van der Waals surface area contributed by atoms with Crippen molar-refractivity contribution in [3.05, 3.63) is 54.1 Å². The van der Waals surface area contributed by atoms with Crippen LogP contribution in [-0.4, -0.2) is 23.3 Å². The Hall–Kier alpha value is -2.23. The summed E-state index contributed by atoms with van der Waals surface area (Å²) in [5.74, 6) is 1.45. The lowest BCUT2D eigenvalue weighted by Crippen LogP contribution is -1.97. The molecule has 0 fully saturated rings. The fourth-order valence-corrected chi connectivity index (χ4v) is 1.65. The largest absolute Gasteiger partial charge is 0.496 e. The Morgan fingerprint density at radius 2 is 1.89 bits per heavy atom. The first kappa shape index (κ1) is 12.2. The van der Waals surface area contributed by atoms with Gasteiger partial charge in [-0.3, -0.25) is 4.99 Å². The summed E-state index contributed by atoms with van der Waals surface area (Å²) in [6.45, 7) is 2.01. The Morgan fingerprint density at radius 3 is 2.61 bits per heavy atom. The van der Waals surface area contributed by atoms with E-state index in [2.05, 4.69) is 15.0 Å². The van der Waals surface area contributed by atoms with Crippen LogP contribution in [0.5, 0.6) is 5.75 Å². The number of para-hydroxylation sites is 1. The normalized spacial score (nSPS) is 12.6. The summed E-state index contributed by atoms with van der Waals surface area (Å²) in [4.78, 5) is 12.6. The molecule has 0 radical (unpaired) electrons. The molecule has 2 aromatic rings. The smallest absolute Gasteiger partial charge is 0.170 e. The van der Waals surface area contributed by atoms with E-state index >= 15 is 0 Å². The van der Waals surface area contributed by atoms with Gasteiger partial charge in [0.05, 0.1) is 19.4 Å². The summed E-state index contributed by atoms with van der Waals surface area (Å²) < 4.78 is 5.31. The molecule has 0 amide bonds. The number of ether oxygens (including phenoxy) is 1. The molecule has 1 heterocycles. The van der Waals surface area contributed by atoms with E-state index in [1.54, 1.807) is 31.8 Å². The minimum atomic E-state index is 0.00459. The van der Waals surface area contributed by atoms with Gasteiger partial charge in [-0.25, -0.2) is 9.97 Å². The van der Waals surface area contributed by atoms with Gasteiger partial charge in [0.2, 0.25) is 0 Å². The van der Waals surface area contributed by atoms with Crippen LogP contribution in [0.1, 0.15) is 24.4 Å². The molecular weight excluding hydrogens is 226 g/mol. The van der Waals surface area contributed by atoms with Gasteiger partial charge in [-0.1, -0.05) is 18.2 Å². The summed E-state index contributed by atoms with van der Waals surface area (Å²) >= 11 is 0. The number of methoxy groups -OCH3 is 1. The fourth-order valence-electron chi connectivity index (χ4n) is 1.65. The number of aromatic nitrogens is 2. The van der Waals surface area contributed by atoms with Crippen LogP contribution in [0, 0.1) is 0 Å². The highest BCUT2D eigenvalue weighted by Gasteiger charge is 2.08. The van der Waals surface area contributed by atoms with Crippen molar-refractivity contribution < 1.29 is 4.74 Å². The van der Waals surface area contributed by atoms with Crippen molar-refractivity contribution in [3.8, 4) is 5.75 Å². The molecule has 1 aromatic heterocycles. The third-order valence-corrected chi connectivity index (χ3v) is 2.59. The predicted molar refractivity (Wildman–Crippen MR) is 71.0 cm³/mol. The topological polar surface area (TPSA) is 47.4 Å². The maximum Gasteiger partial charge on any atom is 0.170 e. The van der Waals surface area contributed by atoms with Gasteiger partial charge in [0.1, 0.15) is 5.75 Å². The standard InChI is InChI=1S/C14H15N3O/c1-11(12-6-3-4-7-13(12)18-2)17-10-14-15-8-5-9-16-14/h3-11H,1-2H3/b17-10+. The predicted octanol–water partition coefficient (Wildman–Crippen LogP) is 2.67. The molecule has 18 heavy (non-hydrogen) atoms. The minimum absolute atomic E-state index is 0.00459. The first-order valence-corrected chi connectivity index (χ1v) is 5.74. The maximum absolute atomic E-state index is 5.31. The van der Waals surface area contributed by atoms with Crippen LogP contribution in [0.15, 0.2) is 47.7 Å². The van der Waals surface area contributed by atoms with Crippen molar-refractivity contribution in [2.45, 2.75) is 13.0 Å². The monoisotopic (exact) mass is 241 g/mol. The molecular formula is C14H15N3O. The van der Waals surface area contributed by atoms with Gasteiger partial charge in [0.15, 0.2) is 5.82 Å². The second-order valence-corrected chi connectivity index (χ2v) is 3.80. The number of benzene rings is 1. The van der Waals surface area contributed by atoms with Crippen molar-refractivity contribution >= 4 is 6.21 Å². The van der Waals surface area contributed by atoms with Crippen molar-refractivity contribution in [1.82, 2.24) is 9.97 Å². The molecule has 0 N–H and O–H groups in total. The Balaban J connectivity index is 2.17. The van der Waals surface area contributed by atoms with Crippen molar-refractivity contribution in [2.24, 2.45) is 4.99 Å². The average Bonchev–Trinajstić information content (AvgIpc) is 2.45. The van der Waals surface area contributed by atoms with Gasteiger partial charge in [0, 0.05) is 18.0 Å². The van der Waals surface area contributed by atoms with Crippen LogP contribution < -0.4 is 4.74 Å². The molecule has 1 unspecified atom stereocenters. The summed E-state index contributed by atoms with van der Waals surface area (Å²) in [5.41, 5.74) is 1.05. The van der Waals surface area contributed by atoms with Crippen molar-refractivity contribution in [3.63, 3.8) is 0 Å². The van der Waals surface area contributed by atoms with Crippen molar-refractivity contribution in [1.29, 1.82) is 0 Å². The quantitative estimate of drug-likeness (QED) is 0.773. The molecule has 0 aliphatic rings. The molecule has 1 atom stereocenters. The molecule has 4 nitrogen and oxygen atoms in total. The lowest BCUT2D eigenvalue weighted by Gasteiger charge is -2.11. The van der Waals surface area contributed by atoms with Crippen LogP contribution in [0.3, 0.4) is 0 Å². The lowest BCUT2D eigenvalue weighted by atomic mass is 10.1. The van der Waals surface area contributed by atoms with Gasteiger partial charge in [-0.15, -0.1) is 0 Å². The molecule has 4 heteroatoms. The summed E-state index contributed by atoms with van der Waals surface area (Å²) in [5, 5.41) is 0. The first-order valence-electron chi connectivity index (χ1n) is 5.74. The highest BCUT2D eigenvalue weighted by atomic mass is 16.5. The maximum atomic E-state index is 5.31. The van der Waals surface area contributed by atoms with E-state index in [0.29, 0.717) is 5.82 Å². The minimum Gasteiger partial charge on any atom is -0.496 e. The Labute approximate surface area is 106 Å². The van der Waals surface area contributed by atoms with E-state index < -0.39 is 0 Å². The third kappa shape index (κ3) is 2.91. The third-order valence-electron chi connectivity index (χ3n) is 2.59. The Bertz CT molecular complexity index is 526. The zero-order valence-electron chi connectivity index (χ0n) is 10.4. The van der Waals surface area contributed by atoms with E-state index in [4.69, 9.17) is 4.74 Å². The van der Waals surface area contributed by atoms with Gasteiger partial charge >= 0.3 is 0 Å². The zero-order valence-corrected chi connectivity index (χ0v) is 10.4. The molecule has 0 saturated heterocycles. The summed E-state index contributed by atoms with van der Waals surface area (Å²) in [6.07, 6.45) is 5.07. The highest BCUT2D eigenvalue weighted by Crippen LogP contribution is 2.26. The molecule has 92 valence electrons. The Morgan fingerprint density at radius 1 is 1.17 bits per heavy atom. The summed E-state index contributed by atoms with van der Waals surface area (Å²) in [7, 11) is 1.66. The molecule has 0 spiro atoms. The number of hydrogen-bond donors (Lipinski definition) is 0.